The molecule has 3 aromatic rings. The molecule has 0 radical (unpaired) electrons. The first-order valence-electron chi connectivity index (χ1n) is 7.09. The van der Waals surface area contributed by atoms with Crippen molar-refractivity contribution in [2.75, 3.05) is 11.5 Å². The van der Waals surface area contributed by atoms with Gasteiger partial charge in [0.2, 0.25) is 5.75 Å². The van der Waals surface area contributed by atoms with Gasteiger partial charge in [-0.25, -0.2) is 0 Å². The van der Waals surface area contributed by atoms with Gasteiger partial charge in [-0.2, -0.15) is 0 Å². The zero-order chi connectivity index (χ0) is 19.4. The molecule has 0 unspecified atom stereocenters. The molecule has 0 aliphatic carbocycles. The predicted molar refractivity (Wildman–Crippen MR) is 95.9 cm³/mol. The van der Waals surface area contributed by atoms with Crippen LogP contribution >= 0.6 is 0 Å². The number of phenols is 2. The van der Waals surface area contributed by atoms with E-state index in [9.17, 15) is 25.3 Å². The number of nitrogens with zero attached hydrogens (tertiary/aromatic N) is 2. The first kappa shape index (κ1) is 18.3. The number of fused-ring (bicyclic) bond motifs is 1. The molecule has 10 heteroatoms. The standard InChI is InChI=1S/C10H9NO.C6H5N3O5/c11-10-8-4-2-1-3-7(8)5-6-9(10)12;7-4-1-3(8(11)12)2-5(6(4)10)9(13)14/h1-6,12H,11H2;1-2,10H,7H2. The molecular formula is C16H14N4O6. The SMILES string of the molecule is Nc1c(O)ccc2ccccc12.Nc1cc([N+](=O)[O-])cc([N+](=O)[O-])c1O. The maximum atomic E-state index is 10.3. The van der Waals surface area contributed by atoms with Gasteiger partial charge in [-0.15, -0.1) is 0 Å². The molecule has 0 saturated carbocycles. The molecule has 0 spiro atoms. The molecule has 0 heterocycles. The summed E-state index contributed by atoms with van der Waals surface area (Å²) in [5.74, 6) is -0.616. The summed E-state index contributed by atoms with van der Waals surface area (Å²) in [4.78, 5) is 18.8. The van der Waals surface area contributed by atoms with Crippen molar-refractivity contribution in [2.24, 2.45) is 0 Å². The van der Waals surface area contributed by atoms with Gasteiger partial charge in [0, 0.05) is 11.5 Å². The zero-order valence-corrected chi connectivity index (χ0v) is 13.2. The summed E-state index contributed by atoms with van der Waals surface area (Å²) in [5, 5.41) is 40.9. The van der Waals surface area contributed by atoms with E-state index < -0.39 is 32.7 Å². The van der Waals surface area contributed by atoms with Gasteiger partial charge in [0.05, 0.1) is 27.3 Å². The first-order valence-corrected chi connectivity index (χ1v) is 7.09. The summed E-state index contributed by atoms with van der Waals surface area (Å²) in [7, 11) is 0. The Morgan fingerprint density at radius 1 is 0.885 bits per heavy atom. The van der Waals surface area contributed by atoms with Crippen molar-refractivity contribution in [3.63, 3.8) is 0 Å². The number of anilines is 2. The van der Waals surface area contributed by atoms with Crippen LogP contribution in [0.5, 0.6) is 11.5 Å². The second-order valence-corrected chi connectivity index (χ2v) is 5.14. The highest BCUT2D eigenvalue weighted by Crippen LogP contribution is 2.35. The number of nitrogens with two attached hydrogens (primary N) is 2. The number of non-ortho nitro benzene ring substituents is 1. The molecule has 10 nitrogen and oxygen atoms in total. The third-order valence-electron chi connectivity index (χ3n) is 3.46. The van der Waals surface area contributed by atoms with Crippen LogP contribution in [0.2, 0.25) is 0 Å². The highest BCUT2D eigenvalue weighted by Gasteiger charge is 2.22. The van der Waals surface area contributed by atoms with E-state index in [1.807, 2.05) is 30.3 Å². The quantitative estimate of drug-likeness (QED) is 0.233. The maximum absolute atomic E-state index is 10.3. The highest BCUT2D eigenvalue weighted by atomic mass is 16.6. The Morgan fingerprint density at radius 3 is 2.15 bits per heavy atom. The number of benzene rings is 3. The van der Waals surface area contributed by atoms with E-state index in [0.29, 0.717) is 11.8 Å². The van der Waals surface area contributed by atoms with Crippen LogP contribution in [0.3, 0.4) is 0 Å². The van der Waals surface area contributed by atoms with Crippen molar-refractivity contribution < 1.29 is 20.1 Å². The van der Waals surface area contributed by atoms with Gasteiger partial charge in [0.25, 0.3) is 5.69 Å². The first-order chi connectivity index (χ1) is 12.2. The Bertz CT molecular complexity index is 1010. The molecule has 0 saturated heterocycles. The number of phenolic OH excluding ortho intramolecular Hbond substituents is 2. The van der Waals surface area contributed by atoms with Crippen LogP contribution < -0.4 is 11.5 Å². The number of hydrogen-bond acceptors (Lipinski definition) is 8. The zero-order valence-electron chi connectivity index (χ0n) is 13.2. The number of rotatable bonds is 2. The van der Waals surface area contributed by atoms with E-state index >= 15 is 0 Å². The summed E-state index contributed by atoms with van der Waals surface area (Å²) >= 11 is 0. The normalized spacial score (nSPS) is 10.0. The lowest BCUT2D eigenvalue weighted by Gasteiger charge is -2.02. The van der Waals surface area contributed by atoms with Crippen molar-refractivity contribution in [1.82, 2.24) is 0 Å². The van der Waals surface area contributed by atoms with Crippen LogP contribution in [0.1, 0.15) is 0 Å². The van der Waals surface area contributed by atoms with Crippen LogP contribution in [0.25, 0.3) is 10.8 Å². The lowest BCUT2D eigenvalue weighted by Crippen LogP contribution is -1.96. The summed E-state index contributed by atoms with van der Waals surface area (Å²) in [5.41, 5.74) is 9.54. The number of hydrogen-bond donors (Lipinski definition) is 4. The molecule has 26 heavy (non-hydrogen) atoms. The lowest BCUT2D eigenvalue weighted by atomic mass is 10.1. The van der Waals surface area contributed by atoms with E-state index in [1.165, 1.54) is 0 Å². The lowest BCUT2D eigenvalue weighted by molar-refractivity contribution is -0.394. The fraction of sp³-hybridized carbons (Fsp3) is 0. The molecule has 6 N–H and O–H groups in total. The van der Waals surface area contributed by atoms with Crippen molar-refractivity contribution >= 4 is 33.5 Å². The van der Waals surface area contributed by atoms with Gasteiger partial charge in [-0.3, -0.25) is 20.2 Å². The summed E-state index contributed by atoms with van der Waals surface area (Å²) in [6, 6.07) is 12.7. The van der Waals surface area contributed by atoms with Crippen LogP contribution in [0.15, 0.2) is 48.5 Å². The highest BCUT2D eigenvalue weighted by molar-refractivity contribution is 5.95. The predicted octanol–water partition coefficient (Wildman–Crippen LogP) is 2.92. The second-order valence-electron chi connectivity index (χ2n) is 5.14. The fourth-order valence-electron chi connectivity index (χ4n) is 2.15. The molecule has 0 amide bonds. The number of nitro groups is 2. The second kappa shape index (κ2) is 7.21. The number of nitrogen functional groups attached to an aromatic ring is 2. The molecule has 0 bridgehead atoms. The molecule has 3 aromatic carbocycles. The van der Waals surface area contributed by atoms with Crippen molar-refractivity contribution in [3.05, 3.63) is 68.8 Å². The van der Waals surface area contributed by atoms with Gasteiger partial charge in [-0.1, -0.05) is 30.3 Å². The number of nitro benzene ring substituents is 2. The molecule has 134 valence electrons. The van der Waals surface area contributed by atoms with E-state index in [4.69, 9.17) is 16.6 Å². The molecule has 0 aromatic heterocycles. The Kier molecular flexibility index (Phi) is 5.07. The van der Waals surface area contributed by atoms with Gasteiger partial charge < -0.3 is 21.7 Å². The Labute approximate surface area is 146 Å². The number of aromatic hydroxyl groups is 2. The minimum atomic E-state index is -0.946. The topological polar surface area (TPSA) is 179 Å². The molecule has 0 aliphatic rings. The molecular weight excluding hydrogens is 344 g/mol. The van der Waals surface area contributed by atoms with E-state index in [1.54, 1.807) is 6.07 Å². The van der Waals surface area contributed by atoms with E-state index in [0.717, 1.165) is 16.8 Å². The largest absolute Gasteiger partial charge is 0.506 e. The summed E-state index contributed by atoms with van der Waals surface area (Å²) in [6.45, 7) is 0. The van der Waals surface area contributed by atoms with Crippen LogP contribution in [-0.2, 0) is 0 Å². The molecule has 0 fully saturated rings. The van der Waals surface area contributed by atoms with Crippen molar-refractivity contribution in [3.8, 4) is 11.5 Å². The van der Waals surface area contributed by atoms with Crippen molar-refractivity contribution in [1.29, 1.82) is 0 Å². The van der Waals surface area contributed by atoms with Gasteiger partial charge in [0.1, 0.15) is 5.75 Å². The monoisotopic (exact) mass is 358 g/mol. The van der Waals surface area contributed by atoms with Gasteiger partial charge in [-0.05, 0) is 11.5 Å². The van der Waals surface area contributed by atoms with Crippen LogP contribution in [0, 0.1) is 20.2 Å². The molecule has 0 aliphatic heterocycles. The minimum absolute atomic E-state index is 0.147. The van der Waals surface area contributed by atoms with E-state index in [-0.39, 0.29) is 5.75 Å². The third-order valence-corrected chi connectivity index (χ3v) is 3.46. The van der Waals surface area contributed by atoms with Crippen molar-refractivity contribution in [2.45, 2.75) is 0 Å². The average molecular weight is 358 g/mol. The Balaban J connectivity index is 0.000000189. The summed E-state index contributed by atoms with van der Waals surface area (Å²) in [6.07, 6.45) is 0. The Hall–Kier alpha value is -4.08. The Morgan fingerprint density at radius 2 is 1.54 bits per heavy atom. The van der Waals surface area contributed by atoms with Gasteiger partial charge >= 0.3 is 5.69 Å². The summed E-state index contributed by atoms with van der Waals surface area (Å²) < 4.78 is 0. The third kappa shape index (κ3) is 3.70. The smallest absolute Gasteiger partial charge is 0.319 e. The van der Waals surface area contributed by atoms with Crippen LogP contribution in [0.4, 0.5) is 22.7 Å². The average Bonchev–Trinajstić information content (AvgIpc) is 2.61. The molecule has 0 atom stereocenters. The fourth-order valence-corrected chi connectivity index (χ4v) is 2.15. The van der Waals surface area contributed by atoms with Crippen LogP contribution in [-0.4, -0.2) is 20.1 Å². The molecule has 3 rings (SSSR count). The van der Waals surface area contributed by atoms with Gasteiger partial charge in [0.15, 0.2) is 0 Å². The minimum Gasteiger partial charge on any atom is -0.506 e. The maximum Gasteiger partial charge on any atom is 0.319 e. The van der Waals surface area contributed by atoms with E-state index in [2.05, 4.69) is 0 Å².